The molecule has 0 aliphatic rings. The molecule has 2 aromatic heterocycles. The highest BCUT2D eigenvalue weighted by molar-refractivity contribution is 7.21. The number of halogens is 2. The van der Waals surface area contributed by atoms with Crippen LogP contribution in [0, 0.1) is 6.92 Å². The molecule has 0 unspecified atom stereocenters. The van der Waals surface area contributed by atoms with E-state index in [0.717, 1.165) is 20.8 Å². The Morgan fingerprint density at radius 3 is 2.37 bits per heavy atom. The van der Waals surface area contributed by atoms with Crippen molar-refractivity contribution in [2.24, 2.45) is 0 Å². The Morgan fingerprint density at radius 1 is 0.860 bits per heavy atom. The molecule has 214 valence electrons. The summed E-state index contributed by atoms with van der Waals surface area (Å²) in [5.41, 5.74) is 5.37. The second kappa shape index (κ2) is 11.9. The number of pyridine rings is 1. The summed E-state index contributed by atoms with van der Waals surface area (Å²) in [6.45, 7) is -1.39. The van der Waals surface area contributed by atoms with E-state index >= 15 is 0 Å². The molecule has 1 N–H and O–H groups in total. The highest BCUT2D eigenvalue weighted by Gasteiger charge is 2.17. The van der Waals surface area contributed by atoms with Gasteiger partial charge in [0.05, 0.1) is 27.0 Å². The van der Waals surface area contributed by atoms with Gasteiger partial charge in [0.1, 0.15) is 10.8 Å². The van der Waals surface area contributed by atoms with Crippen molar-refractivity contribution in [3.63, 3.8) is 0 Å². The van der Waals surface area contributed by atoms with E-state index < -0.39 is 25.1 Å². The molecule has 2 heterocycles. The molecule has 1 amide bonds. The number of fused-ring (bicyclic) bond motifs is 2. The average Bonchev–Trinajstić information content (AvgIpc) is 3.43. The fourth-order valence-corrected chi connectivity index (χ4v) is 5.63. The van der Waals surface area contributed by atoms with E-state index in [2.05, 4.69) is 26.1 Å². The van der Waals surface area contributed by atoms with Gasteiger partial charge in [0.25, 0.3) is 5.91 Å². The zero-order valence-corrected chi connectivity index (χ0v) is 23.5. The fraction of sp³-hybridized carbons (Fsp3) is 0.0909. The second-order valence-electron chi connectivity index (χ2n) is 9.67. The third-order valence-corrected chi connectivity index (χ3v) is 7.67. The highest BCUT2D eigenvalue weighted by Crippen LogP contribution is 2.31. The summed E-state index contributed by atoms with van der Waals surface area (Å²) >= 11 is 1.60. The van der Waals surface area contributed by atoms with Crippen molar-refractivity contribution in [3.05, 3.63) is 108 Å². The number of anilines is 1. The van der Waals surface area contributed by atoms with E-state index in [1.807, 2.05) is 31.2 Å². The van der Waals surface area contributed by atoms with Crippen LogP contribution in [0.25, 0.3) is 42.9 Å². The molecule has 4 aromatic carbocycles. The van der Waals surface area contributed by atoms with Crippen LogP contribution in [-0.2, 0) is 9.53 Å². The van der Waals surface area contributed by atoms with Gasteiger partial charge in [-0.1, -0.05) is 24.3 Å². The summed E-state index contributed by atoms with van der Waals surface area (Å²) < 4.78 is 35.9. The van der Waals surface area contributed by atoms with Crippen LogP contribution in [0.1, 0.15) is 15.9 Å². The lowest BCUT2D eigenvalue weighted by atomic mass is 10.0. The van der Waals surface area contributed by atoms with E-state index in [1.54, 1.807) is 65.9 Å². The van der Waals surface area contributed by atoms with Crippen molar-refractivity contribution in [1.29, 1.82) is 0 Å². The van der Waals surface area contributed by atoms with Gasteiger partial charge in [-0.15, -0.1) is 11.3 Å². The van der Waals surface area contributed by atoms with E-state index in [1.165, 1.54) is 17.7 Å². The average molecular weight is 596 g/mol. The maximum atomic E-state index is 13.1. The lowest BCUT2D eigenvalue weighted by molar-refractivity contribution is -0.119. The van der Waals surface area contributed by atoms with Gasteiger partial charge in [0, 0.05) is 22.2 Å². The first kappa shape index (κ1) is 27.9. The number of aryl methyl sites for hydroxylation is 1. The van der Waals surface area contributed by atoms with Crippen LogP contribution in [0.3, 0.4) is 0 Å². The lowest BCUT2D eigenvalue weighted by Crippen LogP contribution is -2.21. The quantitative estimate of drug-likeness (QED) is 0.180. The second-order valence-corrected chi connectivity index (χ2v) is 10.7. The molecule has 7 nitrogen and oxygen atoms in total. The Hall–Kier alpha value is -5.22. The van der Waals surface area contributed by atoms with Gasteiger partial charge in [0.15, 0.2) is 6.61 Å². The van der Waals surface area contributed by atoms with Gasteiger partial charge in [-0.05, 0) is 85.3 Å². The van der Waals surface area contributed by atoms with E-state index in [9.17, 15) is 18.4 Å². The van der Waals surface area contributed by atoms with Crippen LogP contribution < -0.4 is 10.1 Å². The number of nitrogens with one attached hydrogen (secondary N) is 1. The van der Waals surface area contributed by atoms with Gasteiger partial charge in [-0.25, -0.2) is 14.8 Å². The summed E-state index contributed by atoms with van der Waals surface area (Å²) in [4.78, 5) is 35.1. The third kappa shape index (κ3) is 6.34. The zero-order chi connectivity index (χ0) is 29.9. The number of carbonyl (C=O) groups is 2. The van der Waals surface area contributed by atoms with Gasteiger partial charge < -0.3 is 14.8 Å². The number of rotatable bonds is 8. The highest BCUT2D eigenvalue weighted by atomic mass is 32.1. The van der Waals surface area contributed by atoms with Crippen molar-refractivity contribution in [1.82, 2.24) is 9.97 Å². The number of amides is 1. The van der Waals surface area contributed by atoms with Crippen LogP contribution in [0.2, 0.25) is 0 Å². The number of esters is 1. The fourth-order valence-electron chi connectivity index (χ4n) is 4.56. The standard InChI is InChI=1S/C33H23F2N3O4S/c1-19-6-15-27-29(16-19)43-31(38-27)21-7-11-22(12-8-21)36-30(39)18-41-32(40)25-17-28(37-26-5-3-2-4-24(25)26)20-9-13-23(14-10-20)42-33(34)35/h2-17,33H,18H2,1H3,(H,36,39). The van der Waals surface area contributed by atoms with Gasteiger partial charge in [-0.2, -0.15) is 8.78 Å². The number of ether oxygens (including phenoxy) is 2. The molecule has 0 spiro atoms. The molecule has 6 rings (SSSR count). The third-order valence-electron chi connectivity index (χ3n) is 6.61. The summed E-state index contributed by atoms with van der Waals surface area (Å²) in [5, 5.41) is 4.18. The van der Waals surface area contributed by atoms with E-state index in [0.29, 0.717) is 27.8 Å². The zero-order valence-electron chi connectivity index (χ0n) is 22.7. The van der Waals surface area contributed by atoms with Gasteiger partial charge in [-0.3, -0.25) is 4.79 Å². The number of thiazole rings is 1. The van der Waals surface area contributed by atoms with Crippen LogP contribution in [0.5, 0.6) is 5.75 Å². The molecule has 0 bridgehead atoms. The number of para-hydroxylation sites is 1. The number of hydrogen-bond donors (Lipinski definition) is 1. The van der Waals surface area contributed by atoms with Crippen LogP contribution >= 0.6 is 11.3 Å². The number of aromatic nitrogens is 2. The molecule has 0 saturated carbocycles. The van der Waals surface area contributed by atoms with Crippen LogP contribution in [0.15, 0.2) is 97.1 Å². The SMILES string of the molecule is Cc1ccc2nc(-c3ccc(NC(=O)COC(=O)c4cc(-c5ccc(OC(F)F)cc5)nc5ccccc45)cc3)sc2c1. The maximum Gasteiger partial charge on any atom is 0.387 e. The van der Waals surface area contributed by atoms with Crippen molar-refractivity contribution >= 4 is 50.0 Å². The first-order chi connectivity index (χ1) is 20.8. The molecule has 10 heteroatoms. The minimum absolute atomic E-state index is 0.00615. The minimum atomic E-state index is -2.93. The Kier molecular flexibility index (Phi) is 7.76. The van der Waals surface area contributed by atoms with Crippen molar-refractivity contribution in [3.8, 4) is 27.6 Å². The lowest BCUT2D eigenvalue weighted by Gasteiger charge is -2.11. The van der Waals surface area contributed by atoms with Gasteiger partial charge >= 0.3 is 12.6 Å². The largest absolute Gasteiger partial charge is 0.452 e. The monoisotopic (exact) mass is 595 g/mol. The predicted molar refractivity (Wildman–Crippen MR) is 163 cm³/mol. The van der Waals surface area contributed by atoms with Crippen molar-refractivity contribution in [2.75, 3.05) is 11.9 Å². The maximum absolute atomic E-state index is 13.1. The number of benzene rings is 4. The minimum Gasteiger partial charge on any atom is -0.452 e. The van der Waals surface area contributed by atoms with Crippen molar-refractivity contribution in [2.45, 2.75) is 13.5 Å². The molecule has 0 aliphatic carbocycles. The summed E-state index contributed by atoms with van der Waals surface area (Å²) in [5.74, 6) is -1.19. The topological polar surface area (TPSA) is 90.4 Å². The molecule has 0 atom stereocenters. The molecule has 0 aliphatic heterocycles. The van der Waals surface area contributed by atoms with E-state index in [-0.39, 0.29) is 11.3 Å². The Balaban J connectivity index is 1.13. The van der Waals surface area contributed by atoms with E-state index in [4.69, 9.17) is 4.74 Å². The Bertz CT molecular complexity index is 1960. The molecular formula is C33H23F2N3O4S. The molecule has 6 aromatic rings. The number of alkyl halides is 2. The number of hydrogen-bond acceptors (Lipinski definition) is 7. The first-order valence-electron chi connectivity index (χ1n) is 13.2. The Labute approximate surface area is 248 Å². The van der Waals surface area contributed by atoms with Crippen LogP contribution in [-0.4, -0.2) is 35.1 Å². The molecular weight excluding hydrogens is 572 g/mol. The summed E-state index contributed by atoms with van der Waals surface area (Å²) in [6, 6.07) is 27.9. The summed E-state index contributed by atoms with van der Waals surface area (Å²) in [7, 11) is 0. The molecule has 43 heavy (non-hydrogen) atoms. The smallest absolute Gasteiger partial charge is 0.387 e. The Morgan fingerprint density at radius 2 is 1.60 bits per heavy atom. The van der Waals surface area contributed by atoms with Crippen LogP contribution in [0.4, 0.5) is 14.5 Å². The molecule has 0 radical (unpaired) electrons. The normalized spacial score (nSPS) is 11.2. The number of carbonyl (C=O) groups excluding carboxylic acids is 2. The molecule has 0 saturated heterocycles. The van der Waals surface area contributed by atoms with Gasteiger partial charge in [0.2, 0.25) is 0 Å². The summed E-state index contributed by atoms with van der Waals surface area (Å²) in [6.07, 6.45) is 0. The first-order valence-corrected chi connectivity index (χ1v) is 14.0. The number of nitrogens with zero attached hydrogens (tertiary/aromatic N) is 2. The molecule has 0 fully saturated rings. The van der Waals surface area contributed by atoms with Crippen molar-refractivity contribution < 1.29 is 27.8 Å². The predicted octanol–water partition coefficient (Wildman–Crippen LogP) is 7.88.